The normalized spacial score (nSPS) is 21.1. The van der Waals surface area contributed by atoms with Crippen LogP contribution < -0.4 is 10.1 Å². The molecule has 0 bridgehead atoms. The van der Waals surface area contributed by atoms with Gasteiger partial charge in [-0.15, -0.1) is 0 Å². The van der Waals surface area contributed by atoms with Gasteiger partial charge in [0.15, 0.2) is 5.54 Å². The van der Waals surface area contributed by atoms with Gasteiger partial charge in [0.05, 0.1) is 5.92 Å². The Bertz CT molecular complexity index is 968. The Labute approximate surface area is 173 Å². The molecule has 0 saturated carbocycles. The molecule has 1 amide bonds. The topological polar surface area (TPSA) is 98.5 Å². The number of esters is 1. The molecule has 1 aliphatic heterocycles. The number of amides is 1. The van der Waals surface area contributed by atoms with E-state index in [0.29, 0.717) is 16.1 Å². The van der Waals surface area contributed by atoms with E-state index < -0.39 is 40.2 Å². The molecule has 1 N–H and O–H groups in total. The highest BCUT2D eigenvalue weighted by molar-refractivity contribution is 6.30. The summed E-state index contributed by atoms with van der Waals surface area (Å²) in [5, 5.41) is 14.8. The van der Waals surface area contributed by atoms with Gasteiger partial charge in [0, 0.05) is 20.9 Å². The van der Waals surface area contributed by atoms with Crippen molar-refractivity contribution in [1.82, 2.24) is 5.32 Å². The first-order chi connectivity index (χ1) is 13.6. The summed E-state index contributed by atoms with van der Waals surface area (Å²) in [5.74, 6) is -1.93. The first-order valence-corrected chi connectivity index (χ1v) is 9.45. The zero-order valence-electron chi connectivity index (χ0n) is 16.3. The fourth-order valence-corrected chi connectivity index (χ4v) is 3.54. The summed E-state index contributed by atoms with van der Waals surface area (Å²) in [6.45, 7) is 4.52. The Morgan fingerprint density at radius 3 is 2.41 bits per heavy atom. The fourth-order valence-electron chi connectivity index (χ4n) is 3.41. The van der Waals surface area contributed by atoms with Gasteiger partial charge in [-0.05, 0) is 23.8 Å². The minimum Gasteiger partial charge on any atom is -0.424 e. The third-order valence-corrected chi connectivity index (χ3v) is 5.22. The van der Waals surface area contributed by atoms with Crippen molar-refractivity contribution in [2.24, 2.45) is 5.41 Å². The zero-order chi connectivity index (χ0) is 21.4. The summed E-state index contributed by atoms with van der Waals surface area (Å²) in [6, 6.07) is 12.9. The van der Waals surface area contributed by atoms with Crippen LogP contribution in [0.3, 0.4) is 0 Å². The van der Waals surface area contributed by atoms with Crippen molar-refractivity contribution in [3.63, 3.8) is 0 Å². The molecule has 8 heteroatoms. The second-order valence-corrected chi connectivity index (χ2v) is 8.45. The maximum atomic E-state index is 13.3. The van der Waals surface area contributed by atoms with Crippen LogP contribution in [-0.2, 0) is 15.1 Å². The number of fused-ring (bicyclic) bond motifs is 1. The van der Waals surface area contributed by atoms with Gasteiger partial charge in [0.1, 0.15) is 5.75 Å². The van der Waals surface area contributed by atoms with E-state index >= 15 is 0 Å². The number of hydrogen-bond acceptors (Lipinski definition) is 5. The molecule has 0 radical (unpaired) electrons. The summed E-state index contributed by atoms with van der Waals surface area (Å²) < 4.78 is 5.55. The van der Waals surface area contributed by atoms with E-state index in [9.17, 15) is 19.7 Å². The number of benzene rings is 2. The molecule has 3 rings (SSSR count). The number of nitrogens with zero attached hydrogens (tertiary/aromatic N) is 1. The van der Waals surface area contributed by atoms with Gasteiger partial charge in [-0.1, -0.05) is 62.7 Å². The van der Waals surface area contributed by atoms with E-state index in [0.717, 1.165) is 0 Å². The van der Waals surface area contributed by atoms with Gasteiger partial charge in [-0.2, -0.15) is 0 Å². The maximum Gasteiger partial charge on any atom is 0.342 e. The molecule has 2 atom stereocenters. The zero-order valence-corrected chi connectivity index (χ0v) is 17.0. The van der Waals surface area contributed by atoms with Crippen LogP contribution in [0.4, 0.5) is 0 Å². The summed E-state index contributed by atoms with van der Waals surface area (Å²) in [5.41, 5.74) is -1.76. The van der Waals surface area contributed by atoms with Gasteiger partial charge in [-0.3, -0.25) is 14.9 Å². The van der Waals surface area contributed by atoms with Gasteiger partial charge in [0.2, 0.25) is 12.5 Å². The number of hydrogen-bond donors (Lipinski definition) is 1. The summed E-state index contributed by atoms with van der Waals surface area (Å²) in [7, 11) is 0. The second-order valence-electron chi connectivity index (χ2n) is 8.01. The molecule has 1 heterocycles. The molecule has 7 nitrogen and oxygen atoms in total. The fraction of sp³-hybridized carbons (Fsp3) is 0.333. The number of halogens is 1. The molecule has 0 spiro atoms. The molecular weight excluding hydrogens is 396 g/mol. The lowest BCUT2D eigenvalue weighted by atomic mass is 9.71. The first kappa shape index (κ1) is 20.8. The highest BCUT2D eigenvalue weighted by Crippen LogP contribution is 2.46. The Morgan fingerprint density at radius 2 is 1.83 bits per heavy atom. The molecule has 1 aliphatic rings. The molecule has 0 saturated heterocycles. The summed E-state index contributed by atoms with van der Waals surface area (Å²) >= 11 is 6.00. The number of para-hydroxylation sites is 1. The van der Waals surface area contributed by atoms with Gasteiger partial charge < -0.3 is 10.1 Å². The molecule has 0 fully saturated rings. The number of nitrogens with one attached hydrogen (secondary N) is 1. The summed E-state index contributed by atoms with van der Waals surface area (Å²) in [4.78, 5) is 37.3. The van der Waals surface area contributed by atoms with Crippen molar-refractivity contribution in [2.45, 2.75) is 32.2 Å². The van der Waals surface area contributed by atoms with Crippen LogP contribution in [0.1, 0.15) is 37.8 Å². The number of nitro groups is 1. The van der Waals surface area contributed by atoms with Crippen LogP contribution in [-0.4, -0.2) is 23.3 Å². The second kappa shape index (κ2) is 7.48. The van der Waals surface area contributed by atoms with Crippen molar-refractivity contribution in [3.8, 4) is 5.75 Å². The minimum absolute atomic E-state index is 0.249. The van der Waals surface area contributed by atoms with Crippen LogP contribution in [0.25, 0.3) is 0 Å². The van der Waals surface area contributed by atoms with Crippen LogP contribution >= 0.6 is 11.6 Å². The predicted molar refractivity (Wildman–Crippen MR) is 107 cm³/mol. The Morgan fingerprint density at radius 1 is 1.21 bits per heavy atom. The van der Waals surface area contributed by atoms with Crippen molar-refractivity contribution in [1.29, 1.82) is 0 Å². The Balaban J connectivity index is 2.28. The lowest BCUT2D eigenvalue weighted by Gasteiger charge is -2.42. The quantitative estimate of drug-likeness (QED) is 0.355. The van der Waals surface area contributed by atoms with Gasteiger partial charge in [-0.25, -0.2) is 4.79 Å². The average molecular weight is 417 g/mol. The lowest BCUT2D eigenvalue weighted by Crippen LogP contribution is -2.62. The van der Waals surface area contributed by atoms with E-state index in [4.69, 9.17) is 16.3 Å². The van der Waals surface area contributed by atoms with Gasteiger partial charge in [0.25, 0.3) is 0 Å². The van der Waals surface area contributed by atoms with Crippen molar-refractivity contribution in [3.05, 3.63) is 74.8 Å². The number of carbonyl (C=O) groups excluding carboxylic acids is 2. The predicted octanol–water partition coefficient (Wildman–Crippen LogP) is 3.68. The van der Waals surface area contributed by atoms with Crippen molar-refractivity contribution < 1.29 is 19.2 Å². The molecule has 29 heavy (non-hydrogen) atoms. The third kappa shape index (κ3) is 3.82. The Hall–Kier alpha value is -2.93. The molecule has 0 aliphatic carbocycles. The van der Waals surface area contributed by atoms with E-state index in [-0.39, 0.29) is 5.75 Å². The molecule has 0 aromatic heterocycles. The van der Waals surface area contributed by atoms with Crippen LogP contribution in [0.2, 0.25) is 5.02 Å². The summed E-state index contributed by atoms with van der Waals surface area (Å²) in [6.07, 6.45) is 0. The van der Waals surface area contributed by atoms with E-state index in [2.05, 4.69) is 5.32 Å². The average Bonchev–Trinajstić information content (AvgIpc) is 2.64. The largest absolute Gasteiger partial charge is 0.424 e. The highest BCUT2D eigenvalue weighted by Gasteiger charge is 2.57. The van der Waals surface area contributed by atoms with Crippen molar-refractivity contribution >= 4 is 23.5 Å². The molecular formula is C21H21ClN2O5. The van der Waals surface area contributed by atoms with Crippen LogP contribution in [0.15, 0.2) is 48.5 Å². The number of carbonyl (C=O) groups is 2. The smallest absolute Gasteiger partial charge is 0.342 e. The minimum atomic E-state index is -1.77. The molecule has 152 valence electrons. The first-order valence-electron chi connectivity index (χ1n) is 9.07. The molecule has 2 aromatic carbocycles. The van der Waals surface area contributed by atoms with E-state index in [1.54, 1.807) is 69.3 Å². The van der Waals surface area contributed by atoms with E-state index in [1.165, 1.54) is 0 Å². The van der Waals surface area contributed by atoms with Crippen LogP contribution in [0.5, 0.6) is 5.75 Å². The Kier molecular flexibility index (Phi) is 5.36. The monoisotopic (exact) mass is 416 g/mol. The standard InChI is InChI=1S/C21H21ClN2O5/c1-20(2,3)18(25)23-21(13-8-10-14(22)11-9-13)16(12-24(27)28)15-6-4-5-7-17(15)29-19(21)26/h4-11,16H,12H2,1-3H3,(H,23,25)/t16-,21-/m1/s1. The number of rotatable bonds is 4. The SMILES string of the molecule is CC(C)(C)C(=O)N[C@@]1(c2ccc(Cl)cc2)C(=O)Oc2ccccc2[C@H]1C[N+](=O)[O-]. The van der Waals surface area contributed by atoms with Crippen LogP contribution in [0, 0.1) is 15.5 Å². The van der Waals surface area contributed by atoms with Gasteiger partial charge >= 0.3 is 5.97 Å². The highest BCUT2D eigenvalue weighted by atomic mass is 35.5. The third-order valence-electron chi connectivity index (χ3n) is 4.96. The van der Waals surface area contributed by atoms with E-state index in [1.807, 2.05) is 0 Å². The maximum absolute atomic E-state index is 13.3. The molecule has 0 unspecified atom stereocenters. The molecule has 2 aromatic rings. The lowest BCUT2D eigenvalue weighted by molar-refractivity contribution is -0.485. The van der Waals surface area contributed by atoms with Crippen molar-refractivity contribution in [2.75, 3.05) is 6.54 Å². The number of ether oxygens (including phenoxy) is 1.